The minimum atomic E-state index is -4.56. The molecule has 3 rings (SSSR count). The first-order valence-electron chi connectivity index (χ1n) is 8.94. The van der Waals surface area contributed by atoms with E-state index in [-0.39, 0.29) is 23.4 Å². The minimum absolute atomic E-state index is 0.0401. The highest BCUT2D eigenvalue weighted by atomic mass is 19.4. The standard InChI is InChI=1S/C22H18F4N2O2/c1-13-9-17(23)5-3-14(13)10-15-11-16(22(24,25)26)4-6-19(15)21(29)28-18-7-8-27-20(12-18)30-2/h3-9,11-12H,10H2,1-2H3,(H,27,28,29). The van der Waals surface area contributed by atoms with Gasteiger partial charge in [0.2, 0.25) is 5.88 Å². The van der Waals surface area contributed by atoms with Gasteiger partial charge >= 0.3 is 6.18 Å². The molecule has 1 heterocycles. The first-order chi connectivity index (χ1) is 14.2. The van der Waals surface area contributed by atoms with E-state index in [0.29, 0.717) is 16.8 Å². The number of halogens is 4. The van der Waals surface area contributed by atoms with Crippen LogP contribution < -0.4 is 10.1 Å². The molecule has 0 bridgehead atoms. The van der Waals surface area contributed by atoms with Crippen molar-refractivity contribution in [2.75, 3.05) is 12.4 Å². The molecule has 1 aromatic heterocycles. The van der Waals surface area contributed by atoms with Crippen molar-refractivity contribution in [2.45, 2.75) is 19.5 Å². The third kappa shape index (κ3) is 4.94. The Bertz CT molecular complexity index is 1080. The van der Waals surface area contributed by atoms with E-state index in [1.165, 1.54) is 43.6 Å². The fraction of sp³-hybridized carbons (Fsp3) is 0.182. The summed E-state index contributed by atoms with van der Waals surface area (Å²) in [6, 6.07) is 10.0. The molecular formula is C22H18F4N2O2. The predicted molar refractivity (Wildman–Crippen MR) is 104 cm³/mol. The Kier molecular flexibility index (Phi) is 6.05. The van der Waals surface area contributed by atoms with Crippen LogP contribution in [0.4, 0.5) is 23.2 Å². The summed E-state index contributed by atoms with van der Waals surface area (Å²) >= 11 is 0. The normalized spacial score (nSPS) is 11.3. The van der Waals surface area contributed by atoms with Crippen LogP contribution in [0.25, 0.3) is 0 Å². The van der Waals surface area contributed by atoms with Gasteiger partial charge in [0.05, 0.1) is 12.7 Å². The van der Waals surface area contributed by atoms with Crippen molar-refractivity contribution in [1.82, 2.24) is 4.98 Å². The van der Waals surface area contributed by atoms with Gasteiger partial charge in [0, 0.05) is 23.5 Å². The summed E-state index contributed by atoms with van der Waals surface area (Å²) in [6.45, 7) is 1.66. The number of rotatable bonds is 5. The first-order valence-corrected chi connectivity index (χ1v) is 8.94. The van der Waals surface area contributed by atoms with Crippen molar-refractivity contribution in [3.8, 4) is 5.88 Å². The van der Waals surface area contributed by atoms with Crippen molar-refractivity contribution in [3.05, 3.63) is 88.4 Å². The summed E-state index contributed by atoms with van der Waals surface area (Å²) < 4.78 is 58.1. The zero-order chi connectivity index (χ0) is 21.9. The second-order valence-electron chi connectivity index (χ2n) is 6.66. The number of nitrogens with one attached hydrogen (secondary N) is 1. The molecule has 0 unspecified atom stereocenters. The monoisotopic (exact) mass is 418 g/mol. The fourth-order valence-electron chi connectivity index (χ4n) is 3.00. The summed E-state index contributed by atoms with van der Waals surface area (Å²) in [5, 5.41) is 2.64. The van der Waals surface area contributed by atoms with E-state index >= 15 is 0 Å². The van der Waals surface area contributed by atoms with Crippen LogP contribution in [0.1, 0.15) is 32.6 Å². The van der Waals surface area contributed by atoms with Crippen LogP contribution in [0.2, 0.25) is 0 Å². The van der Waals surface area contributed by atoms with Gasteiger partial charge in [-0.1, -0.05) is 6.07 Å². The Balaban J connectivity index is 1.98. The second-order valence-corrected chi connectivity index (χ2v) is 6.66. The summed E-state index contributed by atoms with van der Waals surface area (Å²) in [6.07, 6.45) is -3.08. The number of anilines is 1. The van der Waals surface area contributed by atoms with Crippen molar-refractivity contribution in [1.29, 1.82) is 0 Å². The van der Waals surface area contributed by atoms with E-state index in [9.17, 15) is 22.4 Å². The molecule has 156 valence electrons. The number of aryl methyl sites for hydroxylation is 1. The van der Waals surface area contributed by atoms with E-state index < -0.39 is 23.5 Å². The number of carbonyl (C=O) groups excluding carboxylic acids is 1. The molecule has 2 aromatic carbocycles. The van der Waals surface area contributed by atoms with Crippen molar-refractivity contribution < 1.29 is 27.1 Å². The molecule has 0 saturated carbocycles. The molecule has 0 aliphatic heterocycles. The number of pyridine rings is 1. The van der Waals surface area contributed by atoms with Crippen LogP contribution in [0.15, 0.2) is 54.7 Å². The third-order valence-electron chi connectivity index (χ3n) is 4.56. The highest BCUT2D eigenvalue weighted by Crippen LogP contribution is 2.32. The molecule has 0 atom stereocenters. The first kappa shape index (κ1) is 21.3. The topological polar surface area (TPSA) is 51.2 Å². The molecule has 1 amide bonds. The minimum Gasteiger partial charge on any atom is -0.481 e. The van der Waals surface area contributed by atoms with Gasteiger partial charge in [0.15, 0.2) is 0 Å². The molecule has 0 aliphatic carbocycles. The number of nitrogens with zero attached hydrogens (tertiary/aromatic N) is 1. The largest absolute Gasteiger partial charge is 0.481 e. The lowest BCUT2D eigenvalue weighted by Gasteiger charge is -2.15. The summed E-state index contributed by atoms with van der Waals surface area (Å²) in [4.78, 5) is 16.7. The Morgan fingerprint density at radius 2 is 1.83 bits per heavy atom. The average Bonchev–Trinajstić information content (AvgIpc) is 2.69. The number of methoxy groups -OCH3 is 1. The molecule has 0 spiro atoms. The molecule has 3 aromatic rings. The zero-order valence-corrected chi connectivity index (χ0v) is 16.2. The summed E-state index contributed by atoms with van der Waals surface area (Å²) in [7, 11) is 1.42. The lowest BCUT2D eigenvalue weighted by atomic mass is 9.94. The lowest BCUT2D eigenvalue weighted by molar-refractivity contribution is -0.137. The fourth-order valence-corrected chi connectivity index (χ4v) is 3.00. The number of hydrogen-bond donors (Lipinski definition) is 1. The van der Waals surface area contributed by atoms with E-state index in [1.54, 1.807) is 6.92 Å². The third-order valence-corrected chi connectivity index (χ3v) is 4.56. The quantitative estimate of drug-likeness (QED) is 0.565. The molecule has 30 heavy (non-hydrogen) atoms. The van der Waals surface area contributed by atoms with Gasteiger partial charge < -0.3 is 10.1 Å². The zero-order valence-electron chi connectivity index (χ0n) is 16.2. The van der Waals surface area contributed by atoms with Crippen LogP contribution in [-0.2, 0) is 12.6 Å². The highest BCUT2D eigenvalue weighted by molar-refractivity contribution is 6.05. The Hall–Kier alpha value is -3.42. The number of alkyl halides is 3. The number of amides is 1. The van der Waals surface area contributed by atoms with Gasteiger partial charge in [-0.3, -0.25) is 4.79 Å². The molecule has 8 heteroatoms. The molecule has 0 radical (unpaired) electrons. The van der Waals surface area contributed by atoms with E-state index in [2.05, 4.69) is 10.3 Å². The second kappa shape index (κ2) is 8.52. The van der Waals surface area contributed by atoms with E-state index in [0.717, 1.165) is 18.2 Å². The summed E-state index contributed by atoms with van der Waals surface area (Å²) in [5.41, 5.74) is 0.989. The molecule has 0 fully saturated rings. The van der Waals surface area contributed by atoms with Gasteiger partial charge in [-0.15, -0.1) is 0 Å². The van der Waals surface area contributed by atoms with Gasteiger partial charge in [-0.2, -0.15) is 13.2 Å². The molecule has 0 saturated heterocycles. The molecular weight excluding hydrogens is 400 g/mol. The van der Waals surface area contributed by atoms with Gasteiger partial charge in [-0.05, 0) is 66.4 Å². The summed E-state index contributed by atoms with van der Waals surface area (Å²) in [5.74, 6) is -0.737. The smallest absolute Gasteiger partial charge is 0.416 e. The average molecular weight is 418 g/mol. The molecule has 1 N–H and O–H groups in total. The van der Waals surface area contributed by atoms with E-state index in [4.69, 9.17) is 4.74 Å². The maximum atomic E-state index is 13.4. The van der Waals surface area contributed by atoms with Crippen LogP contribution in [-0.4, -0.2) is 18.0 Å². The van der Waals surface area contributed by atoms with Crippen molar-refractivity contribution in [2.24, 2.45) is 0 Å². The van der Waals surface area contributed by atoms with Gasteiger partial charge in [0.1, 0.15) is 5.82 Å². The predicted octanol–water partition coefficient (Wildman–Crippen LogP) is 5.40. The number of carbonyl (C=O) groups is 1. The maximum absolute atomic E-state index is 13.4. The van der Waals surface area contributed by atoms with Crippen LogP contribution in [0.3, 0.4) is 0 Å². The van der Waals surface area contributed by atoms with E-state index in [1.807, 2.05) is 0 Å². The van der Waals surface area contributed by atoms with Crippen LogP contribution in [0.5, 0.6) is 5.88 Å². The Morgan fingerprint density at radius 3 is 2.50 bits per heavy atom. The van der Waals surface area contributed by atoms with Crippen molar-refractivity contribution >= 4 is 11.6 Å². The van der Waals surface area contributed by atoms with Gasteiger partial charge in [-0.25, -0.2) is 9.37 Å². The molecule has 0 aliphatic rings. The highest BCUT2D eigenvalue weighted by Gasteiger charge is 2.31. The maximum Gasteiger partial charge on any atom is 0.416 e. The van der Waals surface area contributed by atoms with Crippen LogP contribution in [0, 0.1) is 12.7 Å². The number of hydrogen-bond acceptors (Lipinski definition) is 3. The van der Waals surface area contributed by atoms with Crippen LogP contribution >= 0.6 is 0 Å². The lowest BCUT2D eigenvalue weighted by Crippen LogP contribution is -2.16. The number of ether oxygens (including phenoxy) is 1. The SMILES string of the molecule is COc1cc(NC(=O)c2ccc(C(F)(F)F)cc2Cc2ccc(F)cc2C)ccn1. The number of aromatic nitrogens is 1. The number of benzene rings is 2. The Morgan fingerprint density at radius 1 is 1.07 bits per heavy atom. The van der Waals surface area contributed by atoms with Gasteiger partial charge in [0.25, 0.3) is 5.91 Å². The Labute approximate surface area is 170 Å². The molecule has 4 nitrogen and oxygen atoms in total. The van der Waals surface area contributed by atoms with Crippen molar-refractivity contribution in [3.63, 3.8) is 0 Å².